The average molecular weight is 353 g/mol. The normalized spacial score (nSPS) is 44.0. The Kier molecular flexibility index (Phi) is 2.86. The molecule has 0 spiro atoms. The van der Waals surface area contributed by atoms with Crippen LogP contribution in [-0.4, -0.2) is 5.11 Å². The summed E-state index contributed by atoms with van der Waals surface area (Å²) in [5, 5.41) is 12.8. The van der Waals surface area contributed by atoms with Gasteiger partial charge < -0.3 is 5.11 Å². The maximum absolute atomic E-state index is 12.1. The van der Waals surface area contributed by atoms with Gasteiger partial charge in [-0.15, -0.1) is 0 Å². The molecule has 5 rings (SSSR count). The number of rotatable bonds is 2. The summed E-state index contributed by atoms with van der Waals surface area (Å²) in [5.41, 5.74) is 2.98. The summed E-state index contributed by atoms with van der Waals surface area (Å²) >= 11 is 6.50. The monoisotopic (exact) mass is 352 g/mol. The summed E-state index contributed by atoms with van der Waals surface area (Å²) in [7, 11) is 0. The summed E-state index contributed by atoms with van der Waals surface area (Å²) in [6.45, 7) is 7.15. The molecular weight excluding hydrogens is 328 g/mol. The van der Waals surface area contributed by atoms with Crippen LogP contribution in [0.25, 0.3) is 11.1 Å². The molecule has 2 aromatic carbocycles. The third-order valence-corrected chi connectivity index (χ3v) is 8.98. The predicted octanol–water partition coefficient (Wildman–Crippen LogP) is 6.04. The van der Waals surface area contributed by atoms with Crippen LogP contribution in [0.2, 0.25) is 5.02 Å². The van der Waals surface area contributed by atoms with Gasteiger partial charge in [0.05, 0.1) is 5.60 Å². The molecule has 0 heterocycles. The molecule has 2 heteroatoms. The van der Waals surface area contributed by atoms with Crippen molar-refractivity contribution in [1.29, 1.82) is 0 Å². The van der Waals surface area contributed by atoms with Crippen LogP contribution in [0.1, 0.15) is 45.6 Å². The molecule has 0 aromatic heterocycles. The molecule has 5 atom stereocenters. The number of aliphatic hydroxyl groups is 1. The van der Waals surface area contributed by atoms with E-state index in [2.05, 4.69) is 45.0 Å². The van der Waals surface area contributed by atoms with Crippen molar-refractivity contribution in [2.75, 3.05) is 0 Å². The van der Waals surface area contributed by atoms with E-state index in [9.17, 15) is 5.11 Å². The molecule has 3 aliphatic carbocycles. The summed E-state index contributed by atoms with van der Waals surface area (Å²) in [6.07, 6.45) is 3.24. The van der Waals surface area contributed by atoms with Crippen molar-refractivity contribution in [2.24, 2.45) is 22.2 Å². The van der Waals surface area contributed by atoms with Gasteiger partial charge in [-0.1, -0.05) is 74.8 Å². The Hall–Kier alpha value is -1.31. The van der Waals surface area contributed by atoms with Crippen molar-refractivity contribution in [3.8, 4) is 11.1 Å². The highest BCUT2D eigenvalue weighted by atomic mass is 35.5. The molecule has 1 N–H and O–H groups in total. The SMILES string of the molecule is CC12CC3CC(O)(c4ccccc4-c4ccccc4Cl)C(C)(C1)[C@]32C. The second-order valence-corrected chi connectivity index (χ2v) is 9.67. The van der Waals surface area contributed by atoms with Gasteiger partial charge in [-0.05, 0) is 53.2 Å². The van der Waals surface area contributed by atoms with Gasteiger partial charge >= 0.3 is 0 Å². The molecule has 3 fully saturated rings. The second kappa shape index (κ2) is 4.50. The first kappa shape index (κ1) is 15.9. The zero-order valence-electron chi connectivity index (χ0n) is 15.1. The minimum Gasteiger partial charge on any atom is -0.385 e. The van der Waals surface area contributed by atoms with Crippen LogP contribution >= 0.6 is 11.6 Å². The molecule has 3 aliphatic rings. The topological polar surface area (TPSA) is 20.2 Å². The van der Waals surface area contributed by atoms with Crippen molar-refractivity contribution in [3.05, 3.63) is 59.1 Å². The Labute approximate surface area is 155 Å². The number of hydrogen-bond donors (Lipinski definition) is 1. The minimum absolute atomic E-state index is 0.0605. The van der Waals surface area contributed by atoms with Gasteiger partial charge in [0.1, 0.15) is 0 Å². The second-order valence-electron chi connectivity index (χ2n) is 9.26. The Balaban J connectivity index is 1.70. The van der Waals surface area contributed by atoms with Gasteiger partial charge in [-0.25, -0.2) is 0 Å². The lowest BCUT2D eigenvalue weighted by molar-refractivity contribution is -0.305. The highest BCUT2D eigenvalue weighted by molar-refractivity contribution is 6.33. The van der Waals surface area contributed by atoms with Crippen molar-refractivity contribution in [1.82, 2.24) is 0 Å². The van der Waals surface area contributed by atoms with Crippen LogP contribution in [0.15, 0.2) is 48.5 Å². The molecule has 0 bridgehead atoms. The van der Waals surface area contributed by atoms with Gasteiger partial charge in [0.2, 0.25) is 0 Å². The fourth-order valence-electron chi connectivity index (χ4n) is 7.15. The van der Waals surface area contributed by atoms with Gasteiger partial charge in [0.25, 0.3) is 0 Å². The van der Waals surface area contributed by atoms with E-state index in [1.807, 2.05) is 24.3 Å². The van der Waals surface area contributed by atoms with Crippen LogP contribution in [0.5, 0.6) is 0 Å². The Morgan fingerprint density at radius 3 is 2.20 bits per heavy atom. The summed E-state index contributed by atoms with van der Waals surface area (Å²) in [4.78, 5) is 0. The maximum Gasteiger partial charge on any atom is 0.0964 e. The van der Waals surface area contributed by atoms with Gasteiger partial charge in [0, 0.05) is 16.0 Å². The van der Waals surface area contributed by atoms with Crippen molar-refractivity contribution < 1.29 is 5.11 Å². The van der Waals surface area contributed by atoms with Gasteiger partial charge in [-0.3, -0.25) is 0 Å². The number of benzene rings is 2. The quantitative estimate of drug-likeness (QED) is 0.698. The van der Waals surface area contributed by atoms with E-state index in [4.69, 9.17) is 11.6 Å². The van der Waals surface area contributed by atoms with Crippen molar-refractivity contribution in [2.45, 2.75) is 45.6 Å². The first-order valence-electron chi connectivity index (χ1n) is 9.34. The zero-order valence-corrected chi connectivity index (χ0v) is 15.9. The van der Waals surface area contributed by atoms with E-state index < -0.39 is 5.60 Å². The van der Waals surface area contributed by atoms with Gasteiger partial charge in [0.15, 0.2) is 0 Å². The first-order chi connectivity index (χ1) is 11.8. The summed E-state index contributed by atoms with van der Waals surface area (Å²) in [5.74, 6) is 0.626. The third kappa shape index (κ3) is 1.53. The highest BCUT2D eigenvalue weighted by Gasteiger charge is 2.85. The largest absolute Gasteiger partial charge is 0.385 e. The van der Waals surface area contributed by atoms with Crippen LogP contribution in [0.4, 0.5) is 0 Å². The summed E-state index contributed by atoms with van der Waals surface area (Å²) in [6, 6.07) is 16.3. The standard InChI is InChI=1S/C23H25ClO/c1-20-12-15-13-23(25,21(2,14-20)22(15,20)3)18-10-6-4-8-16(18)17-9-5-7-11-19(17)24/h4-11,15,25H,12-14H2,1-3H3/t15?,20?,21?,22-,23?/m1/s1. The third-order valence-electron chi connectivity index (χ3n) is 8.65. The van der Waals surface area contributed by atoms with Crippen LogP contribution < -0.4 is 0 Å². The molecule has 0 aliphatic heterocycles. The van der Waals surface area contributed by atoms with Gasteiger partial charge in [-0.2, -0.15) is 0 Å². The lowest BCUT2D eigenvalue weighted by Crippen LogP contribution is -2.72. The Morgan fingerprint density at radius 2 is 1.56 bits per heavy atom. The smallest absolute Gasteiger partial charge is 0.0964 e. The highest BCUT2D eigenvalue weighted by Crippen LogP contribution is 2.90. The summed E-state index contributed by atoms with van der Waals surface area (Å²) < 4.78 is 0. The van der Waals surface area contributed by atoms with E-state index in [0.29, 0.717) is 11.3 Å². The molecule has 2 aromatic rings. The average Bonchev–Trinajstić information content (AvgIpc) is 2.67. The first-order valence-corrected chi connectivity index (χ1v) is 9.71. The van der Waals surface area contributed by atoms with E-state index >= 15 is 0 Å². The fourth-order valence-corrected chi connectivity index (χ4v) is 7.39. The molecule has 3 saturated carbocycles. The maximum atomic E-state index is 12.1. The molecular formula is C23H25ClO. The van der Waals surface area contributed by atoms with E-state index in [1.54, 1.807) is 0 Å². The predicted molar refractivity (Wildman–Crippen MR) is 102 cm³/mol. The van der Waals surface area contributed by atoms with E-state index in [1.165, 1.54) is 6.42 Å². The fraction of sp³-hybridized carbons (Fsp3) is 0.478. The molecule has 130 valence electrons. The lowest BCUT2D eigenvalue weighted by Gasteiger charge is -2.77. The Morgan fingerprint density at radius 1 is 0.920 bits per heavy atom. The van der Waals surface area contributed by atoms with Crippen LogP contribution in [-0.2, 0) is 5.60 Å². The van der Waals surface area contributed by atoms with Crippen LogP contribution in [0, 0.1) is 22.2 Å². The van der Waals surface area contributed by atoms with Crippen molar-refractivity contribution >= 4 is 11.6 Å². The van der Waals surface area contributed by atoms with E-state index in [0.717, 1.165) is 34.6 Å². The number of hydrogen-bond acceptors (Lipinski definition) is 1. The molecule has 1 nitrogen and oxygen atoms in total. The molecule has 0 radical (unpaired) electrons. The zero-order chi connectivity index (χ0) is 17.7. The Bertz CT molecular complexity index is 891. The lowest BCUT2D eigenvalue weighted by atomic mass is 9.27. The molecule has 0 saturated heterocycles. The number of halogens is 1. The van der Waals surface area contributed by atoms with Crippen LogP contribution in [0.3, 0.4) is 0 Å². The minimum atomic E-state index is -0.780. The van der Waals surface area contributed by atoms with E-state index in [-0.39, 0.29) is 10.8 Å². The van der Waals surface area contributed by atoms with Crippen molar-refractivity contribution in [3.63, 3.8) is 0 Å². The molecule has 4 unspecified atom stereocenters. The molecule has 25 heavy (non-hydrogen) atoms. The molecule has 0 amide bonds.